The molecular formula is C17H32. The van der Waals surface area contributed by atoms with Crippen molar-refractivity contribution in [3.63, 3.8) is 0 Å². The van der Waals surface area contributed by atoms with E-state index in [2.05, 4.69) is 41.5 Å². The minimum Gasteiger partial charge on any atom is -0.0602 e. The van der Waals surface area contributed by atoms with Crippen molar-refractivity contribution in [3.8, 4) is 0 Å². The average molecular weight is 236 g/mol. The van der Waals surface area contributed by atoms with Crippen LogP contribution < -0.4 is 0 Å². The molecule has 2 saturated carbocycles. The number of rotatable bonds is 1. The molecule has 2 rings (SSSR count). The second-order valence-electron chi connectivity index (χ2n) is 9.13. The van der Waals surface area contributed by atoms with Crippen LogP contribution in [0.3, 0.4) is 0 Å². The first-order chi connectivity index (χ1) is 7.63. The highest BCUT2D eigenvalue weighted by Crippen LogP contribution is 2.63. The van der Waals surface area contributed by atoms with Gasteiger partial charge in [0.05, 0.1) is 0 Å². The predicted molar refractivity (Wildman–Crippen MR) is 76.0 cm³/mol. The molecule has 2 aliphatic carbocycles. The van der Waals surface area contributed by atoms with Gasteiger partial charge in [0.15, 0.2) is 0 Å². The lowest BCUT2D eigenvalue weighted by Gasteiger charge is -2.47. The monoisotopic (exact) mass is 236 g/mol. The van der Waals surface area contributed by atoms with Gasteiger partial charge in [-0.05, 0) is 47.3 Å². The summed E-state index contributed by atoms with van der Waals surface area (Å²) in [4.78, 5) is 0. The SMILES string of the molecule is CC(C)(C)CC1(C(C)(C)C)CC2CCCC2C1. The van der Waals surface area contributed by atoms with E-state index in [0.29, 0.717) is 16.2 Å². The summed E-state index contributed by atoms with van der Waals surface area (Å²) in [5.41, 5.74) is 1.57. The van der Waals surface area contributed by atoms with E-state index in [-0.39, 0.29) is 0 Å². The standard InChI is InChI=1S/C17H32/c1-15(2,3)12-17(16(4,5)6)10-13-8-7-9-14(13)11-17/h13-14H,7-12H2,1-6H3. The van der Waals surface area contributed by atoms with E-state index in [9.17, 15) is 0 Å². The van der Waals surface area contributed by atoms with Gasteiger partial charge in [-0.25, -0.2) is 0 Å². The van der Waals surface area contributed by atoms with Gasteiger partial charge in [0.25, 0.3) is 0 Å². The van der Waals surface area contributed by atoms with Gasteiger partial charge < -0.3 is 0 Å². The maximum atomic E-state index is 2.49. The van der Waals surface area contributed by atoms with E-state index in [1.54, 1.807) is 0 Å². The lowest BCUT2D eigenvalue weighted by molar-refractivity contribution is 0.0329. The molecule has 17 heavy (non-hydrogen) atoms. The lowest BCUT2D eigenvalue weighted by Crippen LogP contribution is -2.37. The van der Waals surface area contributed by atoms with Crippen LogP contribution in [0.4, 0.5) is 0 Å². The quantitative estimate of drug-likeness (QED) is 0.550. The zero-order valence-corrected chi connectivity index (χ0v) is 12.9. The first-order valence-corrected chi connectivity index (χ1v) is 7.63. The van der Waals surface area contributed by atoms with Crippen LogP contribution in [-0.4, -0.2) is 0 Å². The van der Waals surface area contributed by atoms with Crippen LogP contribution in [0.5, 0.6) is 0 Å². The first kappa shape index (κ1) is 13.4. The van der Waals surface area contributed by atoms with Gasteiger partial charge in [-0.3, -0.25) is 0 Å². The Morgan fingerprint density at radius 1 is 0.882 bits per heavy atom. The Morgan fingerprint density at radius 2 is 1.35 bits per heavy atom. The smallest absolute Gasteiger partial charge is 0.0238 e. The number of hydrogen-bond acceptors (Lipinski definition) is 0. The predicted octanol–water partition coefficient (Wildman–Crippen LogP) is 5.67. The Morgan fingerprint density at radius 3 is 1.71 bits per heavy atom. The molecule has 0 aromatic rings. The third kappa shape index (κ3) is 2.56. The van der Waals surface area contributed by atoms with Gasteiger partial charge in [-0.2, -0.15) is 0 Å². The van der Waals surface area contributed by atoms with Gasteiger partial charge in [-0.1, -0.05) is 60.8 Å². The van der Waals surface area contributed by atoms with Crippen LogP contribution in [0.15, 0.2) is 0 Å². The molecule has 0 aliphatic heterocycles. The first-order valence-electron chi connectivity index (χ1n) is 7.63. The maximum Gasteiger partial charge on any atom is -0.0238 e. The molecule has 0 heterocycles. The molecular weight excluding hydrogens is 204 g/mol. The molecule has 2 aliphatic rings. The van der Waals surface area contributed by atoms with Gasteiger partial charge >= 0.3 is 0 Å². The molecule has 2 fully saturated rings. The molecule has 0 aromatic heterocycles. The normalized spacial score (nSPS) is 38.5. The Balaban J connectivity index is 2.22. The minimum absolute atomic E-state index is 0.477. The highest BCUT2D eigenvalue weighted by atomic mass is 14.6. The summed E-state index contributed by atoms with van der Waals surface area (Å²) in [5.74, 6) is 2.13. The van der Waals surface area contributed by atoms with Crippen LogP contribution in [0.25, 0.3) is 0 Å². The van der Waals surface area contributed by atoms with Crippen molar-refractivity contribution in [2.45, 2.75) is 80.1 Å². The van der Waals surface area contributed by atoms with Crippen LogP contribution in [0.1, 0.15) is 80.1 Å². The molecule has 0 bridgehead atoms. The van der Waals surface area contributed by atoms with Crippen molar-refractivity contribution < 1.29 is 0 Å². The van der Waals surface area contributed by atoms with Crippen molar-refractivity contribution in [2.24, 2.45) is 28.1 Å². The zero-order valence-electron chi connectivity index (χ0n) is 12.9. The third-order valence-electron chi connectivity index (χ3n) is 5.58. The minimum atomic E-state index is 0.477. The van der Waals surface area contributed by atoms with Gasteiger partial charge in [-0.15, -0.1) is 0 Å². The van der Waals surface area contributed by atoms with Crippen LogP contribution >= 0.6 is 0 Å². The van der Waals surface area contributed by atoms with Gasteiger partial charge in [0, 0.05) is 0 Å². The van der Waals surface area contributed by atoms with E-state index in [0.717, 1.165) is 11.8 Å². The Labute approximate surface area is 109 Å². The zero-order chi connectivity index (χ0) is 12.9. The fraction of sp³-hybridized carbons (Fsp3) is 1.00. The third-order valence-corrected chi connectivity index (χ3v) is 5.58. The summed E-state index contributed by atoms with van der Waals surface area (Å²) in [6.45, 7) is 14.7. The van der Waals surface area contributed by atoms with Crippen molar-refractivity contribution >= 4 is 0 Å². The Kier molecular flexibility index (Phi) is 3.16. The second-order valence-corrected chi connectivity index (χ2v) is 9.13. The summed E-state index contributed by atoms with van der Waals surface area (Å²) in [6.07, 6.45) is 8.98. The molecule has 0 amide bonds. The molecule has 0 spiro atoms. The molecule has 0 heteroatoms. The summed E-state index contributed by atoms with van der Waals surface area (Å²) >= 11 is 0. The largest absolute Gasteiger partial charge is 0.0602 e. The highest BCUT2D eigenvalue weighted by molar-refractivity contribution is 5.03. The fourth-order valence-corrected chi connectivity index (χ4v) is 4.78. The number of hydrogen-bond donors (Lipinski definition) is 0. The van der Waals surface area contributed by atoms with Crippen molar-refractivity contribution in [2.75, 3.05) is 0 Å². The van der Waals surface area contributed by atoms with E-state index in [4.69, 9.17) is 0 Å². The van der Waals surface area contributed by atoms with Crippen LogP contribution in [0.2, 0.25) is 0 Å². The maximum absolute atomic E-state index is 2.49. The summed E-state index contributed by atoms with van der Waals surface area (Å²) in [5, 5.41) is 0. The van der Waals surface area contributed by atoms with E-state index >= 15 is 0 Å². The fourth-order valence-electron chi connectivity index (χ4n) is 4.78. The average Bonchev–Trinajstić information content (AvgIpc) is 2.56. The van der Waals surface area contributed by atoms with Gasteiger partial charge in [0.1, 0.15) is 0 Å². The van der Waals surface area contributed by atoms with E-state index < -0.39 is 0 Å². The molecule has 0 aromatic carbocycles. The second kappa shape index (κ2) is 4.00. The van der Waals surface area contributed by atoms with Crippen LogP contribution in [0, 0.1) is 28.1 Å². The Hall–Kier alpha value is 0. The topological polar surface area (TPSA) is 0 Å². The van der Waals surface area contributed by atoms with Gasteiger partial charge in [0.2, 0.25) is 0 Å². The molecule has 0 nitrogen and oxygen atoms in total. The Bertz CT molecular complexity index is 261. The highest BCUT2D eigenvalue weighted by Gasteiger charge is 2.53. The molecule has 0 radical (unpaired) electrons. The van der Waals surface area contributed by atoms with Crippen molar-refractivity contribution in [1.29, 1.82) is 0 Å². The lowest BCUT2D eigenvalue weighted by atomic mass is 9.58. The molecule has 100 valence electrons. The van der Waals surface area contributed by atoms with Crippen LogP contribution in [-0.2, 0) is 0 Å². The molecule has 0 saturated heterocycles. The molecule has 2 atom stereocenters. The van der Waals surface area contributed by atoms with Crippen molar-refractivity contribution in [1.82, 2.24) is 0 Å². The summed E-state index contributed by atoms with van der Waals surface area (Å²) in [6, 6.07) is 0. The number of fused-ring (bicyclic) bond motifs is 1. The van der Waals surface area contributed by atoms with E-state index in [1.165, 1.54) is 38.5 Å². The molecule has 0 N–H and O–H groups in total. The molecule has 2 unspecified atom stereocenters. The summed E-state index contributed by atoms with van der Waals surface area (Å²) in [7, 11) is 0. The van der Waals surface area contributed by atoms with E-state index in [1.807, 2.05) is 0 Å². The summed E-state index contributed by atoms with van der Waals surface area (Å²) < 4.78 is 0. The van der Waals surface area contributed by atoms with Crippen molar-refractivity contribution in [3.05, 3.63) is 0 Å².